The molecule has 172 valence electrons. The van der Waals surface area contributed by atoms with Gasteiger partial charge in [0.25, 0.3) is 0 Å². The lowest BCUT2D eigenvalue weighted by Crippen LogP contribution is -2.30. The molecule has 2 unspecified atom stereocenters. The average molecular weight is 469 g/mol. The Balaban J connectivity index is 1.70. The van der Waals surface area contributed by atoms with Crippen LogP contribution in [0.25, 0.3) is 5.69 Å². The summed E-state index contributed by atoms with van der Waals surface area (Å²) in [6.07, 6.45) is 1.83. The van der Waals surface area contributed by atoms with Gasteiger partial charge < -0.3 is 19.5 Å². The maximum Gasteiger partial charge on any atom is 0.174 e. The number of pyridine rings is 1. The smallest absolute Gasteiger partial charge is 0.174 e. The highest BCUT2D eigenvalue weighted by Crippen LogP contribution is 2.46. The molecule has 0 aliphatic carbocycles. The number of nitrogens with zero attached hydrogens (tertiary/aromatic N) is 3. The first-order valence-electron chi connectivity index (χ1n) is 11.4. The predicted octanol–water partition coefficient (Wildman–Crippen LogP) is 5.98. The van der Waals surface area contributed by atoms with Crippen LogP contribution in [0.15, 0.2) is 79.0 Å². The van der Waals surface area contributed by atoms with Crippen LogP contribution in [0.3, 0.4) is 0 Å². The van der Waals surface area contributed by atoms with Crippen molar-refractivity contribution >= 4 is 23.0 Å². The average Bonchev–Trinajstić information content (AvgIpc) is 3.35. The van der Waals surface area contributed by atoms with Crippen molar-refractivity contribution in [3.8, 4) is 11.4 Å². The zero-order chi connectivity index (χ0) is 23.8. The molecule has 4 aromatic rings. The lowest BCUT2D eigenvalue weighted by atomic mass is 9.96. The Morgan fingerprint density at radius 2 is 1.68 bits per heavy atom. The van der Waals surface area contributed by atoms with Crippen LogP contribution in [0.2, 0.25) is 0 Å². The number of hydrogen-bond acceptors (Lipinski definition) is 3. The number of rotatable bonds is 5. The minimum absolute atomic E-state index is 0.0934. The normalized spacial score (nSPS) is 17.6. The van der Waals surface area contributed by atoms with Crippen molar-refractivity contribution in [2.45, 2.75) is 32.9 Å². The molecule has 2 aromatic carbocycles. The predicted molar refractivity (Wildman–Crippen MR) is 141 cm³/mol. The van der Waals surface area contributed by atoms with Gasteiger partial charge in [0.2, 0.25) is 0 Å². The van der Waals surface area contributed by atoms with Crippen molar-refractivity contribution in [1.29, 1.82) is 0 Å². The second-order valence-electron chi connectivity index (χ2n) is 8.67. The van der Waals surface area contributed by atoms with Gasteiger partial charge in [-0.25, -0.2) is 0 Å². The number of aromatic nitrogens is 2. The summed E-state index contributed by atoms with van der Waals surface area (Å²) in [7, 11) is 1.69. The second kappa shape index (κ2) is 8.95. The standard InChI is InChI=1S/C28H28N4OS/c1-18-12-14-21(15-13-18)31-19(2)17-22(20(31)3)27-26(23-9-7-8-16-29-23)30-28(34)32(27)24-10-5-6-11-25(24)33-4/h5-17,26-27H,1-4H3,(H,30,34). The molecular formula is C28H28N4OS. The van der Waals surface area contributed by atoms with Crippen LogP contribution in [-0.2, 0) is 0 Å². The van der Waals surface area contributed by atoms with Gasteiger partial charge in [-0.15, -0.1) is 0 Å². The lowest BCUT2D eigenvalue weighted by Gasteiger charge is -2.29. The number of benzene rings is 2. The molecule has 1 fully saturated rings. The van der Waals surface area contributed by atoms with E-state index in [9.17, 15) is 0 Å². The van der Waals surface area contributed by atoms with Gasteiger partial charge in [-0.05, 0) is 81.0 Å². The van der Waals surface area contributed by atoms with Gasteiger partial charge in [0.1, 0.15) is 5.75 Å². The molecule has 0 saturated carbocycles. The Kier molecular flexibility index (Phi) is 5.84. The maximum atomic E-state index is 5.90. The van der Waals surface area contributed by atoms with Crippen LogP contribution < -0.4 is 15.0 Å². The molecule has 6 heteroatoms. The Bertz CT molecular complexity index is 1330. The summed E-state index contributed by atoms with van der Waals surface area (Å²) in [6.45, 7) is 6.44. The fourth-order valence-electron chi connectivity index (χ4n) is 4.94. The molecule has 1 aliphatic heterocycles. The molecule has 3 heterocycles. The third-order valence-electron chi connectivity index (χ3n) is 6.52. The van der Waals surface area contributed by atoms with E-state index in [1.165, 1.54) is 22.5 Å². The molecule has 1 aliphatic rings. The molecule has 5 rings (SSSR count). The van der Waals surface area contributed by atoms with E-state index in [2.05, 4.69) is 83.0 Å². The lowest BCUT2D eigenvalue weighted by molar-refractivity contribution is 0.414. The highest BCUT2D eigenvalue weighted by Gasteiger charge is 2.43. The van der Waals surface area contributed by atoms with E-state index in [0.717, 1.165) is 22.8 Å². The van der Waals surface area contributed by atoms with Crippen LogP contribution in [0.5, 0.6) is 5.75 Å². The van der Waals surface area contributed by atoms with E-state index in [4.69, 9.17) is 17.0 Å². The molecule has 34 heavy (non-hydrogen) atoms. The number of nitrogens with one attached hydrogen (secondary N) is 1. The number of thiocarbonyl (C=S) groups is 1. The van der Waals surface area contributed by atoms with E-state index in [-0.39, 0.29) is 12.1 Å². The zero-order valence-corrected chi connectivity index (χ0v) is 20.6. The van der Waals surface area contributed by atoms with E-state index in [0.29, 0.717) is 5.11 Å². The summed E-state index contributed by atoms with van der Waals surface area (Å²) in [4.78, 5) is 6.86. The SMILES string of the molecule is COc1ccccc1N1C(=S)NC(c2ccccn2)C1c1cc(C)n(-c2ccc(C)cc2)c1C. The van der Waals surface area contributed by atoms with Crippen molar-refractivity contribution < 1.29 is 4.74 Å². The first kappa shape index (κ1) is 22.2. The van der Waals surface area contributed by atoms with E-state index >= 15 is 0 Å². The Labute approximate surface area is 206 Å². The van der Waals surface area contributed by atoms with E-state index in [1.807, 2.05) is 36.5 Å². The van der Waals surface area contributed by atoms with Crippen LogP contribution in [0, 0.1) is 20.8 Å². The molecule has 1 saturated heterocycles. The molecule has 5 nitrogen and oxygen atoms in total. The first-order valence-corrected chi connectivity index (χ1v) is 11.8. The highest BCUT2D eigenvalue weighted by atomic mass is 32.1. The molecule has 2 aromatic heterocycles. The monoisotopic (exact) mass is 468 g/mol. The number of para-hydroxylation sites is 2. The minimum Gasteiger partial charge on any atom is -0.495 e. The molecule has 0 spiro atoms. The van der Waals surface area contributed by atoms with E-state index in [1.54, 1.807) is 7.11 Å². The fourth-order valence-corrected chi connectivity index (χ4v) is 5.28. The van der Waals surface area contributed by atoms with Crippen molar-refractivity contribution in [3.05, 3.63) is 107 Å². The topological polar surface area (TPSA) is 42.3 Å². The van der Waals surface area contributed by atoms with Gasteiger partial charge in [0.05, 0.1) is 30.6 Å². The molecule has 1 N–H and O–H groups in total. The Hall–Kier alpha value is -3.64. The van der Waals surface area contributed by atoms with Gasteiger partial charge in [-0.1, -0.05) is 35.9 Å². The number of aryl methyl sites for hydroxylation is 2. The number of ether oxygens (including phenoxy) is 1. The summed E-state index contributed by atoms with van der Waals surface area (Å²) in [5.41, 5.74) is 7.84. The van der Waals surface area contributed by atoms with Gasteiger partial charge in [-0.3, -0.25) is 4.98 Å². The highest BCUT2D eigenvalue weighted by molar-refractivity contribution is 7.80. The zero-order valence-electron chi connectivity index (χ0n) is 19.8. The third kappa shape index (κ3) is 3.74. The Morgan fingerprint density at radius 3 is 2.38 bits per heavy atom. The second-order valence-corrected chi connectivity index (χ2v) is 9.05. The largest absolute Gasteiger partial charge is 0.495 e. The summed E-state index contributed by atoms with van der Waals surface area (Å²) in [5.74, 6) is 0.783. The van der Waals surface area contributed by atoms with Gasteiger partial charge >= 0.3 is 0 Å². The molecule has 0 amide bonds. The van der Waals surface area contributed by atoms with Crippen LogP contribution in [0.4, 0.5) is 5.69 Å². The quantitative estimate of drug-likeness (QED) is 0.365. The summed E-state index contributed by atoms with van der Waals surface area (Å²) >= 11 is 5.90. The van der Waals surface area contributed by atoms with E-state index < -0.39 is 0 Å². The number of methoxy groups -OCH3 is 1. The third-order valence-corrected chi connectivity index (χ3v) is 6.84. The van der Waals surface area contributed by atoms with Crippen molar-refractivity contribution in [1.82, 2.24) is 14.9 Å². The van der Waals surface area contributed by atoms with Gasteiger partial charge in [-0.2, -0.15) is 0 Å². The summed E-state index contributed by atoms with van der Waals surface area (Å²) in [6, 6.07) is 24.7. The van der Waals surface area contributed by atoms with Crippen LogP contribution in [-0.4, -0.2) is 21.8 Å². The van der Waals surface area contributed by atoms with Crippen LogP contribution in [0.1, 0.15) is 40.3 Å². The van der Waals surface area contributed by atoms with Gasteiger partial charge in [0, 0.05) is 23.3 Å². The van der Waals surface area contributed by atoms with Crippen molar-refractivity contribution in [3.63, 3.8) is 0 Å². The fraction of sp³-hybridized carbons (Fsp3) is 0.214. The summed E-state index contributed by atoms with van der Waals surface area (Å²) in [5, 5.41) is 4.21. The van der Waals surface area contributed by atoms with Crippen LogP contribution >= 0.6 is 12.2 Å². The number of anilines is 1. The van der Waals surface area contributed by atoms with Gasteiger partial charge in [0.15, 0.2) is 5.11 Å². The maximum absolute atomic E-state index is 5.90. The first-order chi connectivity index (χ1) is 16.5. The summed E-state index contributed by atoms with van der Waals surface area (Å²) < 4.78 is 8.03. The Morgan fingerprint density at radius 1 is 0.941 bits per heavy atom. The number of hydrogen-bond donors (Lipinski definition) is 1. The van der Waals surface area contributed by atoms with Crippen molar-refractivity contribution in [2.24, 2.45) is 0 Å². The molecule has 0 bridgehead atoms. The molecular weight excluding hydrogens is 440 g/mol. The van der Waals surface area contributed by atoms with Crippen molar-refractivity contribution in [2.75, 3.05) is 12.0 Å². The molecule has 2 atom stereocenters. The minimum atomic E-state index is -0.106. The molecule has 0 radical (unpaired) electrons.